The van der Waals surface area contributed by atoms with Crippen LogP contribution in [-0.4, -0.2) is 37.0 Å². The molecule has 1 nitrogen and oxygen atoms in total. The maximum atomic E-state index is 2.67. The summed E-state index contributed by atoms with van der Waals surface area (Å²) in [5, 5.41) is 0. The van der Waals surface area contributed by atoms with Crippen molar-refractivity contribution in [3.05, 3.63) is 47.2 Å². The minimum Gasteiger partial charge on any atom is -0.378 e. The van der Waals surface area contributed by atoms with Crippen molar-refractivity contribution in [3.63, 3.8) is 0 Å². The standard InChI is InChI=1S/C40H73NP/c1-15-19-26-42(27-20-16-2,28-21-17-3)30-33-22-24-34(25-23-33)37(38(8,9)10)39(11,12)40(13)29-35(41(14)18-4)36(40)32(7)31(5)6/h22-25,29,31-32,36-37H,15-21,26-28,30H2,1-14H3/q+1. The molecule has 1 aliphatic carbocycles. The molecule has 2 rings (SSSR count). The van der Waals surface area contributed by atoms with Gasteiger partial charge in [0.25, 0.3) is 0 Å². The molecule has 0 aromatic heterocycles. The Morgan fingerprint density at radius 1 is 0.810 bits per heavy atom. The van der Waals surface area contributed by atoms with Gasteiger partial charge < -0.3 is 4.90 Å². The Bertz CT molecular complexity index is 943. The van der Waals surface area contributed by atoms with Gasteiger partial charge in [-0.25, -0.2) is 0 Å². The van der Waals surface area contributed by atoms with Crippen LogP contribution >= 0.6 is 7.26 Å². The van der Waals surface area contributed by atoms with Crippen LogP contribution in [0.4, 0.5) is 0 Å². The Labute approximate surface area is 265 Å². The molecule has 4 atom stereocenters. The highest BCUT2D eigenvalue weighted by Gasteiger charge is 2.59. The molecule has 0 heterocycles. The lowest BCUT2D eigenvalue weighted by molar-refractivity contribution is -0.0421. The van der Waals surface area contributed by atoms with Crippen LogP contribution in [0.3, 0.4) is 0 Å². The third-order valence-corrected chi connectivity index (χ3v) is 16.5. The van der Waals surface area contributed by atoms with Gasteiger partial charge in [0, 0.05) is 37.9 Å². The van der Waals surface area contributed by atoms with Gasteiger partial charge in [0.05, 0.1) is 24.6 Å². The quantitative estimate of drug-likeness (QED) is 0.152. The highest BCUT2D eigenvalue weighted by molar-refractivity contribution is 7.75. The molecule has 2 heteroatoms. The van der Waals surface area contributed by atoms with E-state index in [2.05, 4.69) is 132 Å². The Hall–Kier alpha value is -0.810. The maximum Gasteiger partial charge on any atom is 0.0842 e. The fraction of sp³-hybridized carbons (Fsp3) is 0.800. The van der Waals surface area contributed by atoms with Gasteiger partial charge in [-0.05, 0) is 65.9 Å². The number of unbranched alkanes of at least 4 members (excludes halogenated alkanes) is 3. The summed E-state index contributed by atoms with van der Waals surface area (Å²) >= 11 is 0. The first-order chi connectivity index (χ1) is 19.5. The minimum atomic E-state index is -0.955. The Kier molecular flexibility index (Phi) is 13.8. The number of nitrogens with zero attached hydrogens (tertiary/aromatic N) is 1. The van der Waals surface area contributed by atoms with Crippen LogP contribution in [0.5, 0.6) is 0 Å². The molecule has 0 amide bonds. The Balaban J connectivity index is 2.52. The van der Waals surface area contributed by atoms with Gasteiger partial charge >= 0.3 is 0 Å². The minimum absolute atomic E-state index is 0.110. The lowest BCUT2D eigenvalue weighted by Crippen LogP contribution is -2.56. The second kappa shape index (κ2) is 15.5. The summed E-state index contributed by atoms with van der Waals surface area (Å²) in [6.45, 7) is 33.1. The lowest BCUT2D eigenvalue weighted by Gasteiger charge is -2.63. The fourth-order valence-electron chi connectivity index (χ4n) is 8.58. The van der Waals surface area contributed by atoms with E-state index < -0.39 is 7.26 Å². The second-order valence-corrected chi connectivity index (χ2v) is 20.8. The molecule has 0 N–H and O–H groups in total. The average Bonchev–Trinajstić information content (AvgIpc) is 2.91. The molecule has 1 aromatic carbocycles. The van der Waals surface area contributed by atoms with Crippen LogP contribution in [-0.2, 0) is 6.16 Å². The lowest BCUT2D eigenvalue weighted by atomic mass is 9.43. The zero-order valence-electron chi connectivity index (χ0n) is 30.9. The van der Waals surface area contributed by atoms with Crippen molar-refractivity contribution >= 4 is 7.26 Å². The first-order valence-electron chi connectivity index (χ1n) is 17.9. The summed E-state index contributed by atoms with van der Waals surface area (Å²) in [6.07, 6.45) is 16.8. The van der Waals surface area contributed by atoms with Crippen molar-refractivity contribution in [1.82, 2.24) is 4.90 Å². The van der Waals surface area contributed by atoms with E-state index in [-0.39, 0.29) is 16.2 Å². The normalized spacial score (nSPS) is 21.2. The topological polar surface area (TPSA) is 3.24 Å². The summed E-state index contributed by atoms with van der Waals surface area (Å²) in [7, 11) is 1.34. The number of hydrogen-bond donors (Lipinski definition) is 0. The fourth-order valence-corrected chi connectivity index (χ4v) is 13.7. The molecule has 1 aliphatic rings. The van der Waals surface area contributed by atoms with Crippen LogP contribution in [0.1, 0.15) is 146 Å². The maximum absolute atomic E-state index is 2.67. The van der Waals surface area contributed by atoms with E-state index in [0.717, 1.165) is 6.54 Å². The highest BCUT2D eigenvalue weighted by atomic mass is 31.2. The van der Waals surface area contributed by atoms with Gasteiger partial charge in [-0.2, -0.15) is 0 Å². The molecule has 0 spiro atoms. The molecular weight excluding hydrogens is 525 g/mol. The molecule has 0 bridgehead atoms. The molecule has 4 unspecified atom stereocenters. The van der Waals surface area contributed by atoms with E-state index in [1.54, 1.807) is 16.8 Å². The summed E-state index contributed by atoms with van der Waals surface area (Å²) < 4.78 is 0. The average molecular weight is 599 g/mol. The van der Waals surface area contributed by atoms with Crippen molar-refractivity contribution in [3.8, 4) is 0 Å². The number of rotatable bonds is 18. The van der Waals surface area contributed by atoms with Crippen molar-refractivity contribution in [2.75, 3.05) is 32.1 Å². The molecular formula is C40H73NP+. The zero-order chi connectivity index (χ0) is 31.9. The van der Waals surface area contributed by atoms with Gasteiger partial charge in [0.15, 0.2) is 0 Å². The van der Waals surface area contributed by atoms with Gasteiger partial charge in [-0.3, -0.25) is 0 Å². The van der Waals surface area contributed by atoms with E-state index in [4.69, 9.17) is 0 Å². The number of benzene rings is 1. The van der Waals surface area contributed by atoms with E-state index >= 15 is 0 Å². The largest absolute Gasteiger partial charge is 0.378 e. The van der Waals surface area contributed by atoms with Crippen molar-refractivity contribution in [1.29, 1.82) is 0 Å². The van der Waals surface area contributed by atoms with Gasteiger partial charge in [0.2, 0.25) is 0 Å². The third kappa shape index (κ3) is 8.26. The van der Waals surface area contributed by atoms with Crippen LogP contribution in [0.25, 0.3) is 0 Å². The molecule has 42 heavy (non-hydrogen) atoms. The molecule has 1 aromatic rings. The molecule has 0 saturated heterocycles. The molecule has 242 valence electrons. The first kappa shape index (κ1) is 37.4. The Morgan fingerprint density at radius 2 is 1.29 bits per heavy atom. The SMILES string of the molecule is CCCC[P+](CCCC)(CCCC)Cc1ccc(C(C(C)(C)C)C(C)(C)C2(C)C=C(N(C)CC)C2C(C)C(C)C)cc1. The summed E-state index contributed by atoms with van der Waals surface area (Å²) in [6, 6.07) is 10.2. The van der Waals surface area contributed by atoms with E-state index in [0.29, 0.717) is 23.7 Å². The monoisotopic (exact) mass is 599 g/mol. The first-order valence-corrected chi connectivity index (χ1v) is 20.5. The predicted molar refractivity (Wildman–Crippen MR) is 194 cm³/mol. The van der Waals surface area contributed by atoms with Crippen molar-refractivity contribution in [2.45, 2.75) is 141 Å². The van der Waals surface area contributed by atoms with E-state index in [9.17, 15) is 0 Å². The molecule has 0 radical (unpaired) electrons. The van der Waals surface area contributed by atoms with Gasteiger partial charge in [-0.1, -0.05) is 133 Å². The van der Waals surface area contributed by atoms with Crippen molar-refractivity contribution < 1.29 is 0 Å². The van der Waals surface area contributed by atoms with Gasteiger partial charge in [-0.15, -0.1) is 0 Å². The number of allylic oxidation sites excluding steroid dienone is 2. The molecule has 0 aliphatic heterocycles. The molecule has 0 saturated carbocycles. The predicted octanol–water partition coefficient (Wildman–Crippen LogP) is 12.5. The summed E-state index contributed by atoms with van der Waals surface area (Å²) in [4.78, 5) is 2.51. The second-order valence-electron chi connectivity index (χ2n) is 16.4. The Morgan fingerprint density at radius 3 is 1.67 bits per heavy atom. The zero-order valence-corrected chi connectivity index (χ0v) is 31.8. The molecule has 0 fully saturated rings. The van der Waals surface area contributed by atoms with Crippen LogP contribution in [0.2, 0.25) is 0 Å². The summed E-state index contributed by atoms with van der Waals surface area (Å²) in [5.41, 5.74) is 5.14. The van der Waals surface area contributed by atoms with Gasteiger partial charge in [0.1, 0.15) is 0 Å². The van der Waals surface area contributed by atoms with E-state index in [1.807, 2.05) is 0 Å². The summed E-state index contributed by atoms with van der Waals surface area (Å²) in [5.74, 6) is 2.37. The number of hydrogen-bond acceptors (Lipinski definition) is 1. The van der Waals surface area contributed by atoms with Crippen LogP contribution in [0, 0.1) is 34.0 Å². The van der Waals surface area contributed by atoms with Crippen LogP contribution in [0.15, 0.2) is 36.0 Å². The smallest absolute Gasteiger partial charge is 0.0842 e. The van der Waals surface area contributed by atoms with Crippen molar-refractivity contribution in [2.24, 2.45) is 34.0 Å². The highest BCUT2D eigenvalue weighted by Crippen LogP contribution is 2.67. The third-order valence-electron chi connectivity index (χ3n) is 11.7. The van der Waals surface area contributed by atoms with Crippen LogP contribution < -0.4 is 0 Å². The van der Waals surface area contributed by atoms with E-state index in [1.165, 1.54) is 63.2 Å².